The van der Waals surface area contributed by atoms with Crippen LogP contribution in [0.5, 0.6) is 5.75 Å². The third-order valence-electron chi connectivity index (χ3n) is 7.02. The van der Waals surface area contributed by atoms with Crippen molar-refractivity contribution in [3.8, 4) is 5.75 Å². The highest BCUT2D eigenvalue weighted by molar-refractivity contribution is 6.31. The molecule has 1 saturated heterocycles. The predicted octanol–water partition coefficient (Wildman–Crippen LogP) is 5.60. The molecule has 2 amide bonds. The minimum Gasteiger partial charge on any atom is -0.490 e. The molecule has 0 spiro atoms. The van der Waals surface area contributed by atoms with E-state index in [4.69, 9.17) is 21.1 Å². The van der Waals surface area contributed by atoms with E-state index in [2.05, 4.69) is 0 Å². The quantitative estimate of drug-likeness (QED) is 0.377. The molecule has 0 saturated carbocycles. The second kappa shape index (κ2) is 12.0. The van der Waals surface area contributed by atoms with E-state index in [0.29, 0.717) is 36.0 Å². The number of morpholine rings is 1. The largest absolute Gasteiger partial charge is 0.490 e. The maximum absolute atomic E-state index is 13.7. The van der Waals surface area contributed by atoms with Crippen LogP contribution in [0, 0.1) is 20.8 Å². The van der Waals surface area contributed by atoms with Gasteiger partial charge in [-0.3, -0.25) is 9.59 Å². The number of halogens is 1. The van der Waals surface area contributed by atoms with Gasteiger partial charge in [-0.2, -0.15) is 0 Å². The van der Waals surface area contributed by atoms with Gasteiger partial charge in [0.05, 0.1) is 19.6 Å². The van der Waals surface area contributed by atoms with E-state index in [1.807, 2.05) is 75.4 Å². The Morgan fingerprint density at radius 1 is 1.00 bits per heavy atom. The fourth-order valence-corrected chi connectivity index (χ4v) is 4.97. The van der Waals surface area contributed by atoms with Gasteiger partial charge in [-0.05, 0) is 61.2 Å². The Kier molecular flexibility index (Phi) is 8.75. The number of nitrogens with zero attached hydrogens (tertiary/aromatic N) is 2. The fraction of sp³-hybridized carbons (Fsp3) is 0.355. The Balaban J connectivity index is 1.57. The van der Waals surface area contributed by atoms with Gasteiger partial charge in [0.25, 0.3) is 5.91 Å². The van der Waals surface area contributed by atoms with Gasteiger partial charge in [0.15, 0.2) is 0 Å². The zero-order valence-corrected chi connectivity index (χ0v) is 23.3. The molecule has 1 aliphatic heterocycles. The van der Waals surface area contributed by atoms with Crippen molar-refractivity contribution >= 4 is 23.4 Å². The maximum Gasteiger partial charge on any atom is 0.254 e. The molecule has 0 bridgehead atoms. The first kappa shape index (κ1) is 27.7. The van der Waals surface area contributed by atoms with Crippen LogP contribution in [0.15, 0.2) is 66.7 Å². The first-order valence-corrected chi connectivity index (χ1v) is 13.2. The molecular weight excluding hydrogens is 500 g/mol. The summed E-state index contributed by atoms with van der Waals surface area (Å²) >= 11 is 6.19. The van der Waals surface area contributed by atoms with Crippen LogP contribution in [0.3, 0.4) is 0 Å². The predicted molar refractivity (Wildman–Crippen MR) is 150 cm³/mol. The molecule has 200 valence electrons. The van der Waals surface area contributed by atoms with Gasteiger partial charge < -0.3 is 19.3 Å². The Hall–Kier alpha value is -3.35. The molecule has 0 aliphatic carbocycles. The van der Waals surface area contributed by atoms with Crippen LogP contribution in [0.4, 0.5) is 0 Å². The van der Waals surface area contributed by atoms with E-state index >= 15 is 0 Å². The standard InChI is InChI=1S/C31H35ClN2O4/c1-22-9-8-10-23(2)29(22)30(36)34-15-16-38-31(20-34,21-37-26-13-14-27(32)24(3)17-26)18-28(35)33(4)19-25-11-6-5-7-12-25/h5-14,17H,15-16,18-21H2,1-4H3/t31-/m1/s1. The second-order valence-corrected chi connectivity index (χ2v) is 10.5. The maximum atomic E-state index is 13.7. The molecule has 0 unspecified atom stereocenters. The molecule has 6 nitrogen and oxygen atoms in total. The summed E-state index contributed by atoms with van der Waals surface area (Å²) in [5, 5.41) is 0.657. The fourth-order valence-electron chi connectivity index (χ4n) is 4.85. The summed E-state index contributed by atoms with van der Waals surface area (Å²) in [6.07, 6.45) is 0.0828. The number of ether oxygens (including phenoxy) is 2. The van der Waals surface area contributed by atoms with Crippen molar-refractivity contribution in [1.29, 1.82) is 0 Å². The van der Waals surface area contributed by atoms with E-state index < -0.39 is 5.60 Å². The Morgan fingerprint density at radius 2 is 1.71 bits per heavy atom. The van der Waals surface area contributed by atoms with Crippen molar-refractivity contribution in [2.24, 2.45) is 0 Å². The smallest absolute Gasteiger partial charge is 0.254 e. The average Bonchev–Trinajstić information content (AvgIpc) is 2.90. The molecule has 1 fully saturated rings. The molecule has 0 radical (unpaired) electrons. The second-order valence-electron chi connectivity index (χ2n) is 10.1. The number of amides is 2. The van der Waals surface area contributed by atoms with Crippen molar-refractivity contribution in [2.45, 2.75) is 39.3 Å². The molecule has 4 rings (SSSR count). The summed E-state index contributed by atoms with van der Waals surface area (Å²) in [6.45, 7) is 7.42. The number of hydrogen-bond donors (Lipinski definition) is 0. The lowest BCUT2D eigenvalue weighted by molar-refractivity contribution is -0.152. The third-order valence-corrected chi connectivity index (χ3v) is 7.45. The molecule has 1 atom stereocenters. The Morgan fingerprint density at radius 3 is 2.39 bits per heavy atom. The summed E-state index contributed by atoms with van der Waals surface area (Å²) in [5.74, 6) is 0.505. The Labute approximate surface area is 230 Å². The van der Waals surface area contributed by atoms with Crippen molar-refractivity contribution < 1.29 is 19.1 Å². The van der Waals surface area contributed by atoms with E-state index in [1.54, 1.807) is 29.0 Å². The average molecular weight is 535 g/mol. The number of rotatable bonds is 8. The van der Waals surface area contributed by atoms with Crippen LogP contribution in [-0.2, 0) is 16.1 Å². The molecule has 1 aliphatic rings. The first-order chi connectivity index (χ1) is 18.2. The molecule has 1 heterocycles. The minimum absolute atomic E-state index is 0.0549. The molecule has 7 heteroatoms. The lowest BCUT2D eigenvalue weighted by atomic mass is 9.95. The van der Waals surface area contributed by atoms with Crippen molar-refractivity contribution in [2.75, 3.05) is 33.4 Å². The highest BCUT2D eigenvalue weighted by Gasteiger charge is 2.42. The number of benzene rings is 3. The normalized spacial score (nSPS) is 17.2. The summed E-state index contributed by atoms with van der Waals surface area (Å²) in [4.78, 5) is 30.6. The van der Waals surface area contributed by atoms with Gasteiger partial charge >= 0.3 is 0 Å². The summed E-state index contributed by atoms with van der Waals surface area (Å²) in [5.41, 5.74) is 3.50. The number of carbonyl (C=O) groups is 2. The third kappa shape index (κ3) is 6.55. The van der Waals surface area contributed by atoms with Gasteiger partial charge in [0.1, 0.15) is 18.0 Å². The van der Waals surface area contributed by atoms with Crippen LogP contribution in [0.25, 0.3) is 0 Å². The highest BCUT2D eigenvalue weighted by atomic mass is 35.5. The summed E-state index contributed by atoms with van der Waals surface area (Å²) in [7, 11) is 1.79. The molecule has 3 aromatic carbocycles. The number of hydrogen-bond acceptors (Lipinski definition) is 4. The zero-order chi connectivity index (χ0) is 27.3. The van der Waals surface area contributed by atoms with Crippen LogP contribution in [-0.4, -0.2) is 60.6 Å². The molecule has 0 N–H and O–H groups in total. The van der Waals surface area contributed by atoms with E-state index in [0.717, 1.165) is 22.3 Å². The van der Waals surface area contributed by atoms with Gasteiger partial charge in [-0.15, -0.1) is 0 Å². The van der Waals surface area contributed by atoms with Crippen molar-refractivity contribution in [1.82, 2.24) is 9.80 Å². The molecular formula is C31H35ClN2O4. The van der Waals surface area contributed by atoms with E-state index in [1.165, 1.54) is 0 Å². The SMILES string of the molecule is Cc1cc(OC[C@@]2(CC(=O)N(C)Cc3ccccc3)CN(C(=O)c3c(C)cccc3C)CCO2)ccc1Cl. The lowest BCUT2D eigenvalue weighted by Gasteiger charge is -2.43. The van der Waals surface area contributed by atoms with E-state index in [9.17, 15) is 9.59 Å². The van der Waals surface area contributed by atoms with Crippen LogP contribution >= 0.6 is 11.6 Å². The number of aryl methyl sites for hydroxylation is 3. The van der Waals surface area contributed by atoms with Crippen LogP contribution < -0.4 is 4.74 Å². The summed E-state index contributed by atoms with van der Waals surface area (Å²) in [6, 6.07) is 21.1. The zero-order valence-electron chi connectivity index (χ0n) is 22.5. The topological polar surface area (TPSA) is 59.1 Å². The van der Waals surface area contributed by atoms with Crippen molar-refractivity contribution in [3.05, 3.63) is 99.6 Å². The first-order valence-electron chi connectivity index (χ1n) is 12.8. The van der Waals surface area contributed by atoms with Gasteiger partial charge in [0.2, 0.25) is 5.91 Å². The van der Waals surface area contributed by atoms with Crippen LogP contribution in [0.1, 0.15) is 39.0 Å². The monoisotopic (exact) mass is 534 g/mol. The van der Waals surface area contributed by atoms with Gasteiger partial charge in [0, 0.05) is 30.7 Å². The van der Waals surface area contributed by atoms with Gasteiger partial charge in [-0.1, -0.05) is 60.1 Å². The van der Waals surface area contributed by atoms with Crippen molar-refractivity contribution in [3.63, 3.8) is 0 Å². The molecule has 0 aromatic heterocycles. The molecule has 38 heavy (non-hydrogen) atoms. The summed E-state index contributed by atoms with van der Waals surface area (Å²) < 4.78 is 12.5. The highest BCUT2D eigenvalue weighted by Crippen LogP contribution is 2.29. The van der Waals surface area contributed by atoms with Gasteiger partial charge in [-0.25, -0.2) is 0 Å². The van der Waals surface area contributed by atoms with E-state index in [-0.39, 0.29) is 31.4 Å². The Bertz CT molecular complexity index is 1280. The lowest BCUT2D eigenvalue weighted by Crippen LogP contribution is -2.58. The minimum atomic E-state index is -1.000. The number of carbonyl (C=O) groups excluding carboxylic acids is 2. The van der Waals surface area contributed by atoms with Crippen LogP contribution in [0.2, 0.25) is 5.02 Å². The molecule has 3 aromatic rings.